The molecule has 15 heavy (non-hydrogen) atoms. The van der Waals surface area contributed by atoms with Gasteiger partial charge in [-0.3, -0.25) is 4.79 Å². The summed E-state index contributed by atoms with van der Waals surface area (Å²) in [5, 5.41) is 3.25. The molecule has 1 aliphatic rings. The molecular formula is C9H12IN3O2. The van der Waals surface area contributed by atoms with E-state index in [2.05, 4.69) is 15.3 Å². The number of nitrogens with one attached hydrogen (secondary N) is 2. The summed E-state index contributed by atoms with van der Waals surface area (Å²) in [7, 11) is 0. The molecule has 0 saturated carbocycles. The van der Waals surface area contributed by atoms with Crippen LogP contribution < -0.4 is 15.6 Å². The molecular weight excluding hydrogens is 309 g/mol. The van der Waals surface area contributed by atoms with Crippen LogP contribution >= 0.6 is 22.6 Å². The summed E-state index contributed by atoms with van der Waals surface area (Å²) in [6.07, 6.45) is 3.61. The fraction of sp³-hybridized carbons (Fsp3) is 0.556. The number of nitrogens with zero attached hydrogens (tertiary/aromatic N) is 1. The molecule has 2 rings (SSSR count). The van der Waals surface area contributed by atoms with Gasteiger partial charge >= 0.3 is 0 Å². The molecule has 1 saturated heterocycles. The third-order valence-corrected chi connectivity index (χ3v) is 3.25. The van der Waals surface area contributed by atoms with E-state index in [1.165, 1.54) is 6.33 Å². The van der Waals surface area contributed by atoms with Crippen molar-refractivity contribution in [3.63, 3.8) is 0 Å². The van der Waals surface area contributed by atoms with Gasteiger partial charge in [0.2, 0.25) is 5.88 Å². The average molecular weight is 321 g/mol. The number of halogens is 1. The topological polar surface area (TPSA) is 67.0 Å². The molecule has 2 heterocycles. The quantitative estimate of drug-likeness (QED) is 0.779. The highest BCUT2D eigenvalue weighted by atomic mass is 127. The molecule has 1 aliphatic heterocycles. The second-order valence-electron chi connectivity index (χ2n) is 3.44. The largest absolute Gasteiger partial charge is 0.472 e. The van der Waals surface area contributed by atoms with E-state index in [-0.39, 0.29) is 11.7 Å². The van der Waals surface area contributed by atoms with E-state index in [1.807, 2.05) is 22.6 Å². The number of hydrogen-bond acceptors (Lipinski definition) is 4. The van der Waals surface area contributed by atoms with Gasteiger partial charge in [-0.15, -0.1) is 0 Å². The highest BCUT2D eigenvalue weighted by Gasteiger charge is 2.17. The summed E-state index contributed by atoms with van der Waals surface area (Å²) in [4.78, 5) is 17.8. The molecule has 0 bridgehead atoms. The average Bonchev–Trinajstić information content (AvgIpc) is 2.26. The Morgan fingerprint density at radius 1 is 1.60 bits per heavy atom. The van der Waals surface area contributed by atoms with Crippen molar-refractivity contribution in [2.24, 2.45) is 0 Å². The molecule has 82 valence electrons. The van der Waals surface area contributed by atoms with Crippen LogP contribution in [0.3, 0.4) is 0 Å². The lowest BCUT2D eigenvalue weighted by Crippen LogP contribution is -2.37. The zero-order valence-electron chi connectivity index (χ0n) is 8.12. The fourth-order valence-corrected chi connectivity index (χ4v) is 1.95. The summed E-state index contributed by atoms with van der Waals surface area (Å²) < 4.78 is 6.18. The van der Waals surface area contributed by atoms with Crippen LogP contribution in [0.4, 0.5) is 0 Å². The Labute approximate surface area is 101 Å². The van der Waals surface area contributed by atoms with Crippen LogP contribution in [0.1, 0.15) is 12.8 Å². The number of aromatic nitrogens is 2. The van der Waals surface area contributed by atoms with Crippen LogP contribution in [0.5, 0.6) is 5.88 Å². The Morgan fingerprint density at radius 3 is 3.20 bits per heavy atom. The maximum atomic E-state index is 11.3. The van der Waals surface area contributed by atoms with Crippen molar-refractivity contribution in [1.82, 2.24) is 15.3 Å². The summed E-state index contributed by atoms with van der Waals surface area (Å²) in [5.74, 6) is 0.438. The maximum Gasteiger partial charge on any atom is 0.268 e. The monoisotopic (exact) mass is 321 g/mol. The van der Waals surface area contributed by atoms with Crippen LogP contribution in [0.15, 0.2) is 11.1 Å². The van der Waals surface area contributed by atoms with Gasteiger partial charge in [-0.25, -0.2) is 4.98 Å². The number of piperidine rings is 1. The SMILES string of the molecule is O=c1[nH]cnc(O[C@H]2CCCNC2)c1I. The molecule has 0 amide bonds. The molecule has 0 radical (unpaired) electrons. The molecule has 2 N–H and O–H groups in total. The van der Waals surface area contributed by atoms with Crippen LogP contribution in [0.2, 0.25) is 0 Å². The van der Waals surface area contributed by atoms with Gasteiger partial charge in [0.25, 0.3) is 5.56 Å². The van der Waals surface area contributed by atoms with Crippen molar-refractivity contribution in [3.05, 3.63) is 20.3 Å². The first kappa shape index (κ1) is 10.9. The molecule has 1 atom stereocenters. The molecule has 1 aromatic rings. The summed E-state index contributed by atoms with van der Waals surface area (Å²) in [5.41, 5.74) is -0.149. The predicted octanol–water partition coefficient (Wildman–Crippen LogP) is 0.505. The first-order valence-electron chi connectivity index (χ1n) is 4.88. The molecule has 1 aromatic heterocycles. The van der Waals surface area contributed by atoms with Gasteiger partial charge in [0.05, 0.1) is 6.33 Å². The van der Waals surface area contributed by atoms with Crippen LogP contribution in [-0.4, -0.2) is 29.2 Å². The second-order valence-corrected chi connectivity index (χ2v) is 4.52. The molecule has 0 aromatic carbocycles. The molecule has 1 fully saturated rings. The van der Waals surface area contributed by atoms with Gasteiger partial charge < -0.3 is 15.0 Å². The minimum atomic E-state index is -0.149. The van der Waals surface area contributed by atoms with Crippen molar-refractivity contribution in [2.45, 2.75) is 18.9 Å². The van der Waals surface area contributed by atoms with Crippen LogP contribution in [0.25, 0.3) is 0 Å². The second kappa shape index (κ2) is 4.93. The smallest absolute Gasteiger partial charge is 0.268 e. The van der Waals surface area contributed by atoms with Crippen molar-refractivity contribution < 1.29 is 4.74 Å². The minimum Gasteiger partial charge on any atom is -0.472 e. The summed E-state index contributed by atoms with van der Waals surface area (Å²) in [6, 6.07) is 0. The molecule has 0 aliphatic carbocycles. The van der Waals surface area contributed by atoms with Gasteiger partial charge in [0.15, 0.2) is 0 Å². The lowest BCUT2D eigenvalue weighted by molar-refractivity contribution is 0.158. The Morgan fingerprint density at radius 2 is 2.47 bits per heavy atom. The van der Waals surface area contributed by atoms with E-state index in [1.54, 1.807) is 0 Å². The zero-order valence-corrected chi connectivity index (χ0v) is 10.3. The first-order valence-corrected chi connectivity index (χ1v) is 5.96. The van der Waals surface area contributed by atoms with Crippen LogP contribution in [-0.2, 0) is 0 Å². The van der Waals surface area contributed by atoms with Gasteiger partial charge in [-0.2, -0.15) is 0 Å². The highest BCUT2D eigenvalue weighted by molar-refractivity contribution is 14.1. The summed E-state index contributed by atoms with van der Waals surface area (Å²) >= 11 is 1.95. The lowest BCUT2D eigenvalue weighted by Gasteiger charge is -2.23. The lowest BCUT2D eigenvalue weighted by atomic mass is 10.1. The molecule has 0 spiro atoms. The Kier molecular flexibility index (Phi) is 3.57. The number of hydrogen-bond donors (Lipinski definition) is 2. The predicted molar refractivity (Wildman–Crippen MR) is 64.1 cm³/mol. The Balaban J connectivity index is 2.09. The van der Waals surface area contributed by atoms with E-state index in [0.29, 0.717) is 9.45 Å². The van der Waals surface area contributed by atoms with Crippen molar-refractivity contribution in [2.75, 3.05) is 13.1 Å². The summed E-state index contributed by atoms with van der Waals surface area (Å²) in [6.45, 7) is 1.87. The number of ether oxygens (including phenoxy) is 1. The number of aromatic amines is 1. The third-order valence-electron chi connectivity index (χ3n) is 2.29. The third kappa shape index (κ3) is 2.69. The standard InChI is InChI=1S/C9H12IN3O2/c10-7-8(14)12-5-13-9(7)15-6-2-1-3-11-4-6/h5-6,11H,1-4H2,(H,12,13,14)/t6-/m0/s1. The van der Waals surface area contributed by atoms with Gasteiger partial charge in [0, 0.05) is 6.54 Å². The minimum absolute atomic E-state index is 0.126. The molecule has 5 nitrogen and oxygen atoms in total. The normalized spacial score (nSPS) is 21.3. The van der Waals surface area contributed by atoms with Crippen molar-refractivity contribution >= 4 is 22.6 Å². The van der Waals surface area contributed by atoms with Gasteiger partial charge in [-0.05, 0) is 42.0 Å². The van der Waals surface area contributed by atoms with E-state index in [9.17, 15) is 4.79 Å². The van der Waals surface area contributed by atoms with Crippen molar-refractivity contribution in [3.8, 4) is 5.88 Å². The first-order chi connectivity index (χ1) is 7.27. The van der Waals surface area contributed by atoms with Crippen molar-refractivity contribution in [1.29, 1.82) is 0 Å². The Bertz CT molecular complexity index is 387. The highest BCUT2D eigenvalue weighted by Crippen LogP contribution is 2.16. The zero-order chi connectivity index (χ0) is 10.7. The fourth-order valence-electron chi connectivity index (χ4n) is 1.53. The number of rotatable bonds is 2. The van der Waals surface area contributed by atoms with Gasteiger partial charge in [-0.1, -0.05) is 0 Å². The van der Waals surface area contributed by atoms with E-state index < -0.39 is 0 Å². The van der Waals surface area contributed by atoms with Crippen LogP contribution in [0, 0.1) is 3.57 Å². The Hall–Kier alpha value is -0.630. The van der Waals surface area contributed by atoms with E-state index in [0.717, 1.165) is 25.9 Å². The number of H-pyrrole nitrogens is 1. The van der Waals surface area contributed by atoms with E-state index in [4.69, 9.17) is 4.74 Å². The van der Waals surface area contributed by atoms with Gasteiger partial charge in [0.1, 0.15) is 9.67 Å². The van der Waals surface area contributed by atoms with E-state index >= 15 is 0 Å². The molecule has 6 heteroatoms. The maximum absolute atomic E-state index is 11.3. The molecule has 0 unspecified atom stereocenters.